The molecule has 0 radical (unpaired) electrons. The van der Waals surface area contributed by atoms with Gasteiger partial charge in [0.2, 0.25) is 0 Å². The number of aromatic amines is 2. The van der Waals surface area contributed by atoms with Crippen molar-refractivity contribution in [1.29, 1.82) is 0 Å². The van der Waals surface area contributed by atoms with Gasteiger partial charge in [0.05, 0.1) is 18.4 Å². The number of rotatable bonds is 8. The Morgan fingerprint density at radius 1 is 1.43 bits per heavy atom. The van der Waals surface area contributed by atoms with E-state index in [0.29, 0.717) is 12.1 Å². The summed E-state index contributed by atoms with van der Waals surface area (Å²) >= 11 is 2.03. The summed E-state index contributed by atoms with van der Waals surface area (Å²) in [5, 5.41) is 2.59. The van der Waals surface area contributed by atoms with Crippen LogP contribution in [0.15, 0.2) is 30.1 Å². The number of thioether (sulfide) groups is 1. The summed E-state index contributed by atoms with van der Waals surface area (Å²) in [4.78, 5) is 33.5. The van der Waals surface area contributed by atoms with Crippen molar-refractivity contribution in [3.63, 3.8) is 0 Å². The fourth-order valence-electron chi connectivity index (χ4n) is 2.97. The molecule has 7 nitrogen and oxygen atoms in total. The van der Waals surface area contributed by atoms with Crippen molar-refractivity contribution in [3.8, 4) is 0 Å². The molecule has 1 aliphatic rings. The van der Waals surface area contributed by atoms with Crippen LogP contribution in [0.2, 0.25) is 0 Å². The van der Waals surface area contributed by atoms with Crippen molar-refractivity contribution in [2.45, 2.75) is 33.7 Å². The number of H-pyrrole nitrogens is 2. The van der Waals surface area contributed by atoms with Crippen LogP contribution in [-0.4, -0.2) is 57.3 Å². The molecule has 0 bridgehead atoms. The zero-order chi connectivity index (χ0) is 20.8. The van der Waals surface area contributed by atoms with E-state index in [1.54, 1.807) is 0 Å². The Labute approximate surface area is 171 Å². The van der Waals surface area contributed by atoms with Gasteiger partial charge in [-0.05, 0) is 36.6 Å². The summed E-state index contributed by atoms with van der Waals surface area (Å²) in [6, 6.07) is 0. The van der Waals surface area contributed by atoms with E-state index < -0.39 is 0 Å². The Bertz CT molecular complexity index is 750. The fraction of sp³-hybridized carbons (Fsp3) is 0.550. The number of likely N-dealkylation sites (tertiary alicyclic amines) is 1. The largest absolute Gasteiger partial charge is 0.385 e. The summed E-state index contributed by atoms with van der Waals surface area (Å²) in [5.41, 5.74) is 2.41. The quantitative estimate of drug-likeness (QED) is 0.460. The molecule has 0 aromatic carbocycles. The lowest BCUT2D eigenvalue weighted by atomic mass is 10.2. The van der Waals surface area contributed by atoms with E-state index in [1.807, 2.05) is 31.8 Å². The predicted molar refractivity (Wildman–Crippen MR) is 119 cm³/mol. The van der Waals surface area contributed by atoms with Crippen molar-refractivity contribution in [3.05, 3.63) is 41.2 Å². The average molecular weight is 408 g/mol. The molecule has 0 unspecified atom stereocenters. The molecular formula is C20H33N5O2S. The maximum atomic E-state index is 11.7. The highest BCUT2D eigenvalue weighted by Crippen LogP contribution is 2.23. The molecular weight excluding hydrogens is 374 g/mol. The number of carbonyl (C=O) groups is 1. The second-order valence-corrected chi connectivity index (χ2v) is 7.42. The zero-order valence-electron chi connectivity index (χ0n) is 17.2. The lowest BCUT2D eigenvalue weighted by molar-refractivity contribution is -0.107. The smallest absolute Gasteiger partial charge is 0.275 e. The second kappa shape index (κ2) is 14.0. The lowest BCUT2D eigenvalue weighted by Crippen LogP contribution is -2.20. The Morgan fingerprint density at radius 2 is 2.21 bits per heavy atom. The average Bonchev–Trinajstić information content (AvgIpc) is 3.35. The summed E-state index contributed by atoms with van der Waals surface area (Å²) in [6.45, 7) is 13.1. The molecule has 1 saturated heterocycles. The molecule has 1 fully saturated rings. The number of nitrogens with one attached hydrogen (secondary N) is 3. The second-order valence-electron chi connectivity index (χ2n) is 6.10. The molecule has 3 N–H and O–H groups in total. The first-order valence-corrected chi connectivity index (χ1v) is 11.0. The number of aldehydes is 1. The number of carbonyl (C=O) groups excluding carboxylic acids is 1. The van der Waals surface area contributed by atoms with E-state index in [1.165, 1.54) is 30.5 Å². The first-order chi connectivity index (χ1) is 13.7. The molecule has 0 spiro atoms. The van der Waals surface area contributed by atoms with Crippen LogP contribution in [0.25, 0.3) is 11.0 Å². The molecule has 1 aliphatic heterocycles. The van der Waals surface area contributed by atoms with E-state index in [0.717, 1.165) is 42.9 Å². The van der Waals surface area contributed by atoms with Gasteiger partial charge in [-0.3, -0.25) is 9.69 Å². The Balaban J connectivity index is 0.000000422. The van der Waals surface area contributed by atoms with Gasteiger partial charge in [0.25, 0.3) is 5.56 Å². The standard InChI is InChI=1S/C14H20N4OS.C4H7NO.C2H6/c1-2-20-8-10-3-4-18(6-10)7-11-5-15-13-12(11)16-9-17-14(13)19;1-2-5-3-4-6;1-2/h5,9-10,15H,2-4,6-8H2,1H3,(H,16,17,19);2,4-5H,1,3H2;1-2H3/t10-;;/m1../s1. The van der Waals surface area contributed by atoms with Gasteiger partial charge in [-0.2, -0.15) is 11.8 Å². The number of nitrogens with zero attached hydrogens (tertiary/aromatic N) is 2. The minimum Gasteiger partial charge on any atom is -0.385 e. The molecule has 28 heavy (non-hydrogen) atoms. The summed E-state index contributed by atoms with van der Waals surface area (Å²) in [6.07, 6.45) is 6.94. The van der Waals surface area contributed by atoms with Crippen LogP contribution >= 0.6 is 11.8 Å². The van der Waals surface area contributed by atoms with Crippen molar-refractivity contribution in [2.24, 2.45) is 5.92 Å². The number of aromatic nitrogens is 3. The first kappa shape index (κ1) is 24.0. The van der Waals surface area contributed by atoms with Crippen LogP contribution in [0.4, 0.5) is 0 Å². The van der Waals surface area contributed by atoms with Crippen LogP contribution < -0.4 is 10.9 Å². The summed E-state index contributed by atoms with van der Waals surface area (Å²) in [7, 11) is 0. The number of hydrogen-bond acceptors (Lipinski definition) is 6. The Kier molecular flexibility index (Phi) is 12.0. The molecule has 3 heterocycles. The monoisotopic (exact) mass is 407 g/mol. The van der Waals surface area contributed by atoms with E-state index in [9.17, 15) is 9.59 Å². The van der Waals surface area contributed by atoms with Gasteiger partial charge in [0, 0.05) is 24.8 Å². The van der Waals surface area contributed by atoms with Gasteiger partial charge in [0.1, 0.15) is 11.8 Å². The predicted octanol–water partition coefficient (Wildman–Crippen LogP) is 2.77. The van der Waals surface area contributed by atoms with Gasteiger partial charge in [-0.15, -0.1) is 0 Å². The van der Waals surface area contributed by atoms with Crippen molar-refractivity contribution < 1.29 is 4.79 Å². The highest BCUT2D eigenvalue weighted by atomic mass is 32.2. The molecule has 2 aromatic heterocycles. The van der Waals surface area contributed by atoms with E-state index in [4.69, 9.17) is 0 Å². The van der Waals surface area contributed by atoms with Crippen LogP contribution in [0, 0.1) is 5.92 Å². The molecule has 8 heteroatoms. The first-order valence-electron chi connectivity index (χ1n) is 9.81. The van der Waals surface area contributed by atoms with Gasteiger partial charge in [-0.25, -0.2) is 4.98 Å². The highest BCUT2D eigenvalue weighted by molar-refractivity contribution is 7.99. The van der Waals surface area contributed by atoms with E-state index >= 15 is 0 Å². The van der Waals surface area contributed by atoms with Crippen LogP contribution in [0.5, 0.6) is 0 Å². The van der Waals surface area contributed by atoms with Crippen molar-refractivity contribution in [1.82, 2.24) is 25.2 Å². The number of hydrogen-bond donors (Lipinski definition) is 3. The minimum atomic E-state index is -0.0973. The van der Waals surface area contributed by atoms with Crippen LogP contribution in [-0.2, 0) is 11.3 Å². The SMILES string of the molecule is C=CNCC=O.CC.CCSC[C@@H]1CCN(Cc2c[nH]c3c(=O)[nH]cnc23)C1. The Morgan fingerprint density at radius 3 is 2.86 bits per heavy atom. The van der Waals surface area contributed by atoms with E-state index in [-0.39, 0.29) is 5.56 Å². The third-order valence-electron chi connectivity index (χ3n) is 4.22. The summed E-state index contributed by atoms with van der Waals surface area (Å²) in [5.74, 6) is 3.27. The van der Waals surface area contributed by atoms with Gasteiger partial charge in [0.15, 0.2) is 0 Å². The van der Waals surface area contributed by atoms with E-state index in [2.05, 4.69) is 38.7 Å². The molecule has 0 aliphatic carbocycles. The fourth-order valence-corrected chi connectivity index (χ4v) is 3.82. The third-order valence-corrected chi connectivity index (χ3v) is 5.33. The molecule has 0 amide bonds. The molecule has 0 saturated carbocycles. The third kappa shape index (κ3) is 7.52. The van der Waals surface area contributed by atoms with Crippen LogP contribution in [0.3, 0.4) is 0 Å². The molecule has 156 valence electrons. The number of fused-ring (bicyclic) bond motifs is 1. The maximum Gasteiger partial charge on any atom is 0.275 e. The van der Waals surface area contributed by atoms with Crippen LogP contribution in [0.1, 0.15) is 32.8 Å². The molecule has 3 rings (SSSR count). The molecule has 2 aromatic rings. The molecule has 1 atom stereocenters. The Hall–Kier alpha value is -2.06. The van der Waals surface area contributed by atoms with Crippen molar-refractivity contribution >= 4 is 29.1 Å². The van der Waals surface area contributed by atoms with Gasteiger partial charge >= 0.3 is 0 Å². The lowest BCUT2D eigenvalue weighted by Gasteiger charge is -2.15. The minimum absolute atomic E-state index is 0.0973. The van der Waals surface area contributed by atoms with Gasteiger partial charge in [-0.1, -0.05) is 27.4 Å². The normalized spacial score (nSPS) is 15.9. The highest BCUT2D eigenvalue weighted by Gasteiger charge is 2.23. The van der Waals surface area contributed by atoms with Gasteiger partial charge < -0.3 is 20.1 Å². The maximum absolute atomic E-state index is 11.7. The zero-order valence-corrected chi connectivity index (χ0v) is 18.0. The van der Waals surface area contributed by atoms with Crippen molar-refractivity contribution in [2.75, 3.05) is 31.1 Å². The summed E-state index contributed by atoms with van der Waals surface area (Å²) < 4.78 is 0. The topological polar surface area (TPSA) is 93.9 Å².